The number of carbonyl (C=O) groups is 1. The minimum absolute atomic E-state index is 0.269. The number of hydrogen-bond acceptors (Lipinski definition) is 3. The van der Waals surface area contributed by atoms with Crippen molar-refractivity contribution in [2.24, 2.45) is 4.99 Å². The third-order valence-corrected chi connectivity index (χ3v) is 3.97. The van der Waals surface area contributed by atoms with Crippen LogP contribution in [0.1, 0.15) is 21.5 Å². The van der Waals surface area contributed by atoms with Gasteiger partial charge in [-0.3, -0.25) is 4.99 Å². The molecule has 0 bridgehead atoms. The Morgan fingerprint density at radius 1 is 1.16 bits per heavy atom. The first-order valence-corrected chi connectivity index (χ1v) is 7.78. The molecule has 0 saturated carbocycles. The number of ether oxygens (including phenoxy) is 1. The highest BCUT2D eigenvalue weighted by atomic mass is 16.5. The van der Waals surface area contributed by atoms with Crippen LogP contribution in [-0.4, -0.2) is 29.0 Å². The van der Waals surface area contributed by atoms with Crippen LogP contribution in [0, 0.1) is 6.92 Å². The highest BCUT2D eigenvalue weighted by Crippen LogP contribution is 2.22. The van der Waals surface area contributed by atoms with Crippen molar-refractivity contribution in [3.63, 3.8) is 0 Å². The molecule has 0 aliphatic rings. The van der Waals surface area contributed by atoms with Gasteiger partial charge in [-0.2, -0.15) is 0 Å². The number of hydrogen-bond donors (Lipinski definition) is 1. The molecule has 1 heterocycles. The summed E-state index contributed by atoms with van der Waals surface area (Å²) in [5.74, 6) is -0.133. The first-order valence-electron chi connectivity index (χ1n) is 7.78. The maximum atomic E-state index is 11.2. The van der Waals surface area contributed by atoms with E-state index in [-0.39, 0.29) is 5.56 Å². The molecular formula is C20H18N2O3. The lowest BCUT2D eigenvalue weighted by Gasteiger charge is -2.04. The SMILES string of the molecule is COc1ccc(-n2ccc(C=Nc3cccc(C(=O)O)c3C)c2)cc1. The molecular weight excluding hydrogens is 316 g/mol. The van der Waals surface area contributed by atoms with Crippen LogP contribution in [0.15, 0.2) is 65.9 Å². The van der Waals surface area contributed by atoms with Crippen LogP contribution in [-0.2, 0) is 0 Å². The average Bonchev–Trinajstić information content (AvgIpc) is 3.09. The van der Waals surface area contributed by atoms with E-state index in [1.54, 1.807) is 38.4 Å². The quantitative estimate of drug-likeness (QED) is 0.710. The molecule has 25 heavy (non-hydrogen) atoms. The molecule has 0 spiro atoms. The van der Waals surface area contributed by atoms with Crippen LogP contribution in [0.4, 0.5) is 5.69 Å². The van der Waals surface area contributed by atoms with Gasteiger partial charge >= 0.3 is 5.97 Å². The smallest absolute Gasteiger partial charge is 0.336 e. The fourth-order valence-corrected chi connectivity index (χ4v) is 2.54. The Kier molecular flexibility index (Phi) is 4.66. The molecule has 2 aromatic carbocycles. The monoisotopic (exact) mass is 334 g/mol. The van der Waals surface area contributed by atoms with Crippen LogP contribution in [0.5, 0.6) is 5.75 Å². The van der Waals surface area contributed by atoms with Crippen molar-refractivity contribution in [1.82, 2.24) is 4.57 Å². The Morgan fingerprint density at radius 3 is 2.60 bits per heavy atom. The lowest BCUT2D eigenvalue weighted by molar-refractivity contribution is 0.0696. The van der Waals surface area contributed by atoms with Crippen molar-refractivity contribution in [3.8, 4) is 11.4 Å². The van der Waals surface area contributed by atoms with E-state index in [9.17, 15) is 9.90 Å². The zero-order valence-corrected chi connectivity index (χ0v) is 14.0. The van der Waals surface area contributed by atoms with Crippen molar-refractivity contribution in [1.29, 1.82) is 0 Å². The summed E-state index contributed by atoms with van der Waals surface area (Å²) >= 11 is 0. The molecule has 126 valence electrons. The molecule has 3 rings (SSSR count). The summed E-state index contributed by atoms with van der Waals surface area (Å²) in [6, 6.07) is 14.8. The lowest BCUT2D eigenvalue weighted by atomic mass is 10.1. The molecule has 0 unspecified atom stereocenters. The van der Waals surface area contributed by atoms with E-state index in [1.807, 2.05) is 47.3 Å². The number of carboxylic acids is 1. The summed E-state index contributed by atoms with van der Waals surface area (Å²) in [6.07, 6.45) is 5.64. The van der Waals surface area contributed by atoms with Crippen molar-refractivity contribution >= 4 is 17.9 Å². The minimum atomic E-state index is -0.944. The first-order chi connectivity index (χ1) is 12.1. The predicted octanol–water partition coefficient (Wildman–Crippen LogP) is 4.24. The van der Waals surface area contributed by atoms with E-state index in [0.29, 0.717) is 11.3 Å². The molecule has 0 radical (unpaired) electrons. The van der Waals surface area contributed by atoms with E-state index < -0.39 is 5.97 Å². The number of aliphatic imine (C=N–C) groups is 1. The second-order valence-electron chi connectivity index (χ2n) is 5.56. The summed E-state index contributed by atoms with van der Waals surface area (Å²) in [7, 11) is 1.64. The molecule has 5 heteroatoms. The summed E-state index contributed by atoms with van der Waals surface area (Å²) in [5, 5.41) is 9.18. The van der Waals surface area contributed by atoms with Crippen molar-refractivity contribution < 1.29 is 14.6 Å². The van der Waals surface area contributed by atoms with E-state index in [2.05, 4.69) is 4.99 Å². The first kappa shape index (κ1) is 16.5. The standard InChI is InChI=1S/C20H18N2O3/c1-14-18(20(23)24)4-3-5-19(14)21-12-15-10-11-22(13-15)16-6-8-17(25-2)9-7-16/h3-13H,1-2H3,(H,23,24). The number of rotatable bonds is 5. The maximum Gasteiger partial charge on any atom is 0.336 e. The fourth-order valence-electron chi connectivity index (χ4n) is 2.54. The van der Waals surface area contributed by atoms with Gasteiger partial charge in [0, 0.05) is 29.9 Å². The van der Waals surface area contributed by atoms with Gasteiger partial charge in [-0.15, -0.1) is 0 Å². The highest BCUT2D eigenvalue weighted by molar-refractivity contribution is 5.91. The topological polar surface area (TPSA) is 63.8 Å². The van der Waals surface area contributed by atoms with Crippen LogP contribution >= 0.6 is 0 Å². The van der Waals surface area contributed by atoms with Crippen molar-refractivity contribution in [2.45, 2.75) is 6.92 Å². The van der Waals surface area contributed by atoms with Crippen molar-refractivity contribution in [2.75, 3.05) is 7.11 Å². The summed E-state index contributed by atoms with van der Waals surface area (Å²) < 4.78 is 7.15. The van der Waals surface area contributed by atoms with Gasteiger partial charge in [0.1, 0.15) is 5.75 Å². The number of methoxy groups -OCH3 is 1. The molecule has 5 nitrogen and oxygen atoms in total. The highest BCUT2D eigenvalue weighted by Gasteiger charge is 2.09. The van der Waals surface area contributed by atoms with Crippen LogP contribution < -0.4 is 4.74 Å². The van der Waals surface area contributed by atoms with E-state index in [0.717, 1.165) is 17.0 Å². The largest absolute Gasteiger partial charge is 0.497 e. The van der Waals surface area contributed by atoms with Gasteiger partial charge in [-0.1, -0.05) is 6.07 Å². The van der Waals surface area contributed by atoms with Crippen LogP contribution in [0.25, 0.3) is 5.69 Å². The van der Waals surface area contributed by atoms with Gasteiger partial charge < -0.3 is 14.4 Å². The van der Waals surface area contributed by atoms with Crippen molar-refractivity contribution in [3.05, 3.63) is 77.6 Å². The van der Waals surface area contributed by atoms with E-state index in [4.69, 9.17) is 4.74 Å². The van der Waals surface area contributed by atoms with Gasteiger partial charge in [0.25, 0.3) is 0 Å². The Hall–Kier alpha value is -3.34. The van der Waals surface area contributed by atoms with Gasteiger partial charge in [0.15, 0.2) is 0 Å². The van der Waals surface area contributed by atoms with Gasteiger partial charge in [0.2, 0.25) is 0 Å². The zero-order valence-electron chi connectivity index (χ0n) is 14.0. The number of benzene rings is 2. The van der Waals surface area contributed by atoms with Crippen LogP contribution in [0.2, 0.25) is 0 Å². The Balaban J connectivity index is 1.82. The molecule has 1 aromatic heterocycles. The molecule has 1 N–H and O–H groups in total. The average molecular weight is 334 g/mol. The zero-order chi connectivity index (χ0) is 17.8. The maximum absolute atomic E-state index is 11.2. The molecule has 3 aromatic rings. The number of nitrogens with zero attached hydrogens (tertiary/aromatic N) is 2. The number of aromatic nitrogens is 1. The molecule has 0 saturated heterocycles. The third kappa shape index (κ3) is 3.61. The number of carboxylic acid groups (broad SMARTS) is 1. The molecule has 0 amide bonds. The van der Waals surface area contributed by atoms with Crippen LogP contribution in [0.3, 0.4) is 0 Å². The van der Waals surface area contributed by atoms with Gasteiger partial charge in [0.05, 0.1) is 18.4 Å². The Morgan fingerprint density at radius 2 is 1.92 bits per heavy atom. The second kappa shape index (κ2) is 7.05. The van der Waals surface area contributed by atoms with Gasteiger partial charge in [-0.25, -0.2) is 4.79 Å². The summed E-state index contributed by atoms with van der Waals surface area (Å²) in [6.45, 7) is 1.76. The Labute approximate surface area is 145 Å². The minimum Gasteiger partial charge on any atom is -0.497 e. The normalized spacial score (nSPS) is 11.0. The number of aromatic carboxylic acids is 1. The molecule has 0 aliphatic heterocycles. The fraction of sp³-hybridized carbons (Fsp3) is 0.100. The third-order valence-electron chi connectivity index (χ3n) is 3.97. The summed E-state index contributed by atoms with van der Waals surface area (Å²) in [5.41, 5.74) is 3.52. The second-order valence-corrected chi connectivity index (χ2v) is 5.56. The molecule has 0 fully saturated rings. The van der Waals surface area contributed by atoms with Gasteiger partial charge in [-0.05, 0) is 55.0 Å². The predicted molar refractivity (Wildman–Crippen MR) is 97.7 cm³/mol. The lowest BCUT2D eigenvalue weighted by Crippen LogP contribution is -1.99. The summed E-state index contributed by atoms with van der Waals surface area (Å²) in [4.78, 5) is 15.6. The molecule has 0 atom stereocenters. The molecule has 0 aliphatic carbocycles. The van der Waals surface area contributed by atoms with E-state index in [1.165, 1.54) is 0 Å². The Bertz CT molecular complexity index is 924. The van der Waals surface area contributed by atoms with E-state index >= 15 is 0 Å².